The van der Waals surface area contributed by atoms with Crippen LogP contribution in [0.25, 0.3) is 0 Å². The molecule has 1 heterocycles. The van der Waals surface area contributed by atoms with Crippen molar-refractivity contribution < 1.29 is 78.2 Å². The molecule has 1 aliphatic heterocycles. The third kappa shape index (κ3) is 4.70. The average Bonchev–Trinajstić information content (AvgIpc) is 2.44. The number of hydrogen-bond donors (Lipinski definition) is 0. The first-order valence-electron chi connectivity index (χ1n) is 6.77. The van der Waals surface area contributed by atoms with Crippen LogP contribution in [0, 0.1) is 5.82 Å². The Morgan fingerprint density at radius 3 is 2.23 bits per heavy atom. The molecule has 1 saturated heterocycles. The molecular weight excluding hydrogens is 326 g/mol. The molecule has 1 aromatic rings. The van der Waals surface area contributed by atoms with E-state index in [1.54, 1.807) is 13.8 Å². The van der Waals surface area contributed by atoms with E-state index in [9.17, 15) is 17.3 Å². The van der Waals surface area contributed by atoms with Gasteiger partial charge < -0.3 is 22.4 Å². The van der Waals surface area contributed by atoms with Gasteiger partial charge in [0.15, 0.2) is 0 Å². The Labute approximate surface area is 170 Å². The van der Waals surface area contributed by atoms with Gasteiger partial charge in [-0.25, -0.2) is 4.39 Å². The van der Waals surface area contributed by atoms with Gasteiger partial charge in [-0.3, -0.25) is 0 Å². The van der Waals surface area contributed by atoms with E-state index in [0.29, 0.717) is 6.42 Å². The van der Waals surface area contributed by atoms with Gasteiger partial charge in [-0.2, -0.15) is 0 Å². The molecular formula is C14H18BF4KO2. The Morgan fingerprint density at radius 1 is 1.18 bits per heavy atom. The first-order valence-corrected chi connectivity index (χ1v) is 6.77. The van der Waals surface area contributed by atoms with Crippen molar-refractivity contribution in [3.8, 4) is 5.75 Å². The zero-order valence-electron chi connectivity index (χ0n) is 13.4. The second kappa shape index (κ2) is 6.72. The molecule has 0 amide bonds. The summed E-state index contributed by atoms with van der Waals surface area (Å²) in [6.07, 6.45) is -0.146. The Balaban J connectivity index is 0.00000242. The summed E-state index contributed by atoms with van der Waals surface area (Å²) in [4.78, 5) is 0. The van der Waals surface area contributed by atoms with Crippen molar-refractivity contribution in [3.05, 3.63) is 24.0 Å². The van der Waals surface area contributed by atoms with Crippen molar-refractivity contribution in [1.29, 1.82) is 0 Å². The quantitative estimate of drug-likeness (QED) is 0.591. The summed E-state index contributed by atoms with van der Waals surface area (Å²) in [5, 5.41) is 0. The van der Waals surface area contributed by atoms with E-state index < -0.39 is 41.3 Å². The van der Waals surface area contributed by atoms with Gasteiger partial charge in [0.2, 0.25) is 0 Å². The van der Waals surface area contributed by atoms with Crippen LogP contribution < -0.4 is 61.6 Å². The second-order valence-corrected chi connectivity index (χ2v) is 6.53. The SMILES string of the molecule is CC1(C)CC(Oc2cc(F)ccc2[B-](F)(F)F)C(C)(C)O1.[K+]. The van der Waals surface area contributed by atoms with Crippen molar-refractivity contribution in [2.24, 2.45) is 0 Å². The van der Waals surface area contributed by atoms with Crippen molar-refractivity contribution >= 4 is 12.4 Å². The zero-order valence-corrected chi connectivity index (χ0v) is 16.5. The first kappa shape index (κ1) is 20.4. The topological polar surface area (TPSA) is 18.5 Å². The van der Waals surface area contributed by atoms with Gasteiger partial charge in [0, 0.05) is 12.5 Å². The van der Waals surface area contributed by atoms with Gasteiger partial charge in [0.1, 0.15) is 17.5 Å². The maximum atomic E-state index is 13.3. The van der Waals surface area contributed by atoms with Crippen LogP contribution in [0.2, 0.25) is 0 Å². The van der Waals surface area contributed by atoms with E-state index >= 15 is 0 Å². The predicted octanol–water partition coefficient (Wildman–Crippen LogP) is 0.609. The molecule has 22 heavy (non-hydrogen) atoms. The maximum absolute atomic E-state index is 13.3. The normalized spacial score (nSPS) is 23.0. The molecule has 1 unspecified atom stereocenters. The van der Waals surface area contributed by atoms with E-state index in [4.69, 9.17) is 9.47 Å². The van der Waals surface area contributed by atoms with E-state index in [1.807, 2.05) is 13.8 Å². The molecule has 0 aliphatic carbocycles. The number of ether oxygens (including phenoxy) is 2. The molecule has 0 aromatic heterocycles. The zero-order chi connectivity index (χ0) is 16.1. The molecule has 1 fully saturated rings. The number of rotatable bonds is 3. The third-order valence-corrected chi connectivity index (χ3v) is 3.59. The standard InChI is InChI=1S/C14H18BF4O2.K/c1-13(2)8-12(14(3,4)21-13)20-11-7-9(16)5-6-10(11)15(17,18)19;/h5-7,12H,8H2,1-4H3;/q-1;+1. The molecule has 118 valence electrons. The largest absolute Gasteiger partial charge is 1.00 e. The maximum Gasteiger partial charge on any atom is 1.00 e. The Hall–Kier alpha value is 0.401. The number of halogens is 4. The van der Waals surface area contributed by atoms with Crippen LogP contribution in [0.1, 0.15) is 34.1 Å². The van der Waals surface area contributed by atoms with Gasteiger partial charge in [0.25, 0.3) is 0 Å². The van der Waals surface area contributed by atoms with Crippen molar-refractivity contribution in [1.82, 2.24) is 0 Å². The smallest absolute Gasteiger partial charge is 0.490 e. The van der Waals surface area contributed by atoms with Gasteiger partial charge in [-0.05, 0) is 33.8 Å². The molecule has 0 saturated carbocycles. The molecule has 0 spiro atoms. The molecule has 2 rings (SSSR count). The van der Waals surface area contributed by atoms with E-state index in [-0.39, 0.29) is 51.4 Å². The Kier molecular flexibility index (Phi) is 6.25. The van der Waals surface area contributed by atoms with Crippen LogP contribution in [-0.4, -0.2) is 24.3 Å². The number of benzene rings is 1. The minimum Gasteiger partial charge on any atom is -0.490 e. The van der Waals surface area contributed by atoms with Crippen molar-refractivity contribution in [2.45, 2.75) is 51.4 Å². The fourth-order valence-corrected chi connectivity index (χ4v) is 2.73. The summed E-state index contributed by atoms with van der Waals surface area (Å²) >= 11 is 0. The summed E-state index contributed by atoms with van der Waals surface area (Å²) in [5.41, 5.74) is -2.16. The fraction of sp³-hybridized carbons (Fsp3) is 0.571. The molecule has 1 atom stereocenters. The molecule has 8 heteroatoms. The molecule has 0 radical (unpaired) electrons. The third-order valence-electron chi connectivity index (χ3n) is 3.59. The molecule has 2 nitrogen and oxygen atoms in total. The van der Waals surface area contributed by atoms with Crippen LogP contribution in [0.15, 0.2) is 18.2 Å². The monoisotopic (exact) mass is 344 g/mol. The minimum atomic E-state index is -5.27. The summed E-state index contributed by atoms with van der Waals surface area (Å²) < 4.78 is 63.6. The molecule has 0 N–H and O–H groups in total. The summed E-state index contributed by atoms with van der Waals surface area (Å²) in [7, 11) is 0. The van der Waals surface area contributed by atoms with Gasteiger partial charge >= 0.3 is 58.4 Å². The van der Waals surface area contributed by atoms with Crippen LogP contribution >= 0.6 is 0 Å². The average molecular weight is 344 g/mol. The summed E-state index contributed by atoms with van der Waals surface area (Å²) in [5.74, 6) is -1.23. The van der Waals surface area contributed by atoms with Crippen LogP contribution in [0.3, 0.4) is 0 Å². The van der Waals surface area contributed by atoms with E-state index in [1.165, 1.54) is 0 Å². The first-order chi connectivity index (χ1) is 9.41. The van der Waals surface area contributed by atoms with Crippen molar-refractivity contribution in [2.75, 3.05) is 0 Å². The Bertz CT molecular complexity index is 546. The fourth-order valence-electron chi connectivity index (χ4n) is 2.73. The van der Waals surface area contributed by atoms with Gasteiger partial charge in [-0.15, -0.1) is 0 Å². The summed E-state index contributed by atoms with van der Waals surface area (Å²) in [6, 6.07) is 2.29. The minimum absolute atomic E-state index is 0. The Morgan fingerprint density at radius 2 is 1.77 bits per heavy atom. The number of hydrogen-bond acceptors (Lipinski definition) is 2. The van der Waals surface area contributed by atoms with Crippen LogP contribution in [0.5, 0.6) is 5.75 Å². The molecule has 1 aromatic carbocycles. The van der Waals surface area contributed by atoms with Crippen LogP contribution in [0.4, 0.5) is 17.3 Å². The second-order valence-electron chi connectivity index (χ2n) is 6.53. The van der Waals surface area contributed by atoms with E-state index in [2.05, 4.69) is 0 Å². The predicted molar refractivity (Wildman–Crippen MR) is 73.4 cm³/mol. The summed E-state index contributed by atoms with van der Waals surface area (Å²) in [6.45, 7) is 1.93. The molecule has 1 aliphatic rings. The van der Waals surface area contributed by atoms with E-state index in [0.717, 1.165) is 18.2 Å². The van der Waals surface area contributed by atoms with Gasteiger partial charge in [-0.1, -0.05) is 11.5 Å². The van der Waals surface area contributed by atoms with Crippen LogP contribution in [-0.2, 0) is 4.74 Å². The van der Waals surface area contributed by atoms with Gasteiger partial charge in [0.05, 0.1) is 11.4 Å². The van der Waals surface area contributed by atoms with Crippen molar-refractivity contribution in [3.63, 3.8) is 0 Å². The molecule has 0 bridgehead atoms.